The zero-order valence-corrected chi connectivity index (χ0v) is 13.1. The number of fused-ring (bicyclic) bond motifs is 2. The van der Waals surface area contributed by atoms with Crippen molar-refractivity contribution in [3.05, 3.63) is 46.3 Å². The first-order chi connectivity index (χ1) is 9.54. The first kappa shape index (κ1) is 13.2. The van der Waals surface area contributed by atoms with Gasteiger partial charge < -0.3 is 9.80 Å². The minimum Gasteiger partial charge on any atom is -0.378 e. The fourth-order valence-electron chi connectivity index (χ4n) is 2.21. The Labute approximate surface area is 123 Å². The van der Waals surface area contributed by atoms with Crippen LogP contribution < -0.4 is 15.2 Å². The van der Waals surface area contributed by atoms with Crippen LogP contribution in [0.25, 0.3) is 0 Å². The van der Waals surface area contributed by atoms with Gasteiger partial charge in [-0.2, -0.15) is 11.4 Å². The van der Waals surface area contributed by atoms with Gasteiger partial charge in [0, 0.05) is 49.0 Å². The standard InChI is InChI=1S/C16H19N3S/c1-18(2)11-5-7-13-15(9-11)20-16-10-12(19(3)4)6-8-14(16)17-13/h5-10,20H,1-4H3. The van der Waals surface area contributed by atoms with E-state index in [0.29, 0.717) is 0 Å². The Hall–Kier alpha value is -1.81. The Morgan fingerprint density at radius 3 is 2.20 bits per heavy atom. The van der Waals surface area contributed by atoms with Crippen LogP contribution in [-0.4, -0.2) is 28.2 Å². The van der Waals surface area contributed by atoms with Crippen molar-refractivity contribution in [3.8, 4) is 0 Å². The molecule has 0 N–H and O–H groups in total. The number of rotatable bonds is 2. The summed E-state index contributed by atoms with van der Waals surface area (Å²) in [5, 5.41) is 1.09. The summed E-state index contributed by atoms with van der Waals surface area (Å²) >= 11 is 1.24. The van der Waals surface area contributed by atoms with Gasteiger partial charge in [-0.3, -0.25) is 0 Å². The van der Waals surface area contributed by atoms with Crippen molar-refractivity contribution >= 4 is 28.4 Å². The van der Waals surface area contributed by atoms with Gasteiger partial charge in [-0.1, -0.05) is 0 Å². The normalized spacial score (nSPS) is 12.2. The average Bonchev–Trinajstić information content (AvgIpc) is 2.43. The van der Waals surface area contributed by atoms with Crippen LogP contribution in [0.1, 0.15) is 0 Å². The molecule has 4 heteroatoms. The maximum atomic E-state index is 4.77. The molecule has 0 bridgehead atoms. The SMILES string of the molecule is CN(C)c1ccc2c(c1)[SH]=c1cc(N(C)C)ccc1=N2. The van der Waals surface area contributed by atoms with Gasteiger partial charge in [0.15, 0.2) is 0 Å². The Morgan fingerprint density at radius 2 is 1.50 bits per heavy atom. The molecule has 0 aromatic heterocycles. The third-order valence-corrected chi connectivity index (χ3v) is 4.63. The maximum Gasteiger partial charge on any atom is 0.0767 e. The van der Waals surface area contributed by atoms with E-state index in [2.05, 4.69) is 74.4 Å². The fraction of sp³-hybridized carbons (Fsp3) is 0.250. The minimum atomic E-state index is 1.09. The molecule has 0 unspecified atom stereocenters. The topological polar surface area (TPSA) is 18.8 Å². The summed E-state index contributed by atoms with van der Waals surface area (Å²) in [4.78, 5) is 10.3. The second kappa shape index (κ2) is 4.94. The van der Waals surface area contributed by atoms with Crippen LogP contribution in [-0.2, 0) is 0 Å². The summed E-state index contributed by atoms with van der Waals surface area (Å²) in [5.41, 5.74) is 3.53. The van der Waals surface area contributed by atoms with Gasteiger partial charge in [0.25, 0.3) is 0 Å². The molecule has 0 spiro atoms. The zero-order chi connectivity index (χ0) is 14.3. The lowest BCUT2D eigenvalue weighted by Crippen LogP contribution is -2.12. The molecule has 1 aliphatic heterocycles. The van der Waals surface area contributed by atoms with E-state index in [1.165, 1.54) is 32.1 Å². The summed E-state index contributed by atoms with van der Waals surface area (Å²) < 4.78 is 1.28. The number of hydrogen-bond acceptors (Lipinski definition) is 3. The highest BCUT2D eigenvalue weighted by atomic mass is 32.1. The van der Waals surface area contributed by atoms with E-state index in [1.54, 1.807) is 0 Å². The van der Waals surface area contributed by atoms with Crippen LogP contribution in [0.15, 0.2) is 46.3 Å². The van der Waals surface area contributed by atoms with Gasteiger partial charge in [0.2, 0.25) is 0 Å². The van der Waals surface area contributed by atoms with Gasteiger partial charge in [-0.05, 0) is 36.4 Å². The number of anilines is 2. The van der Waals surface area contributed by atoms with Crippen LogP contribution >= 0.6 is 11.4 Å². The molecule has 104 valence electrons. The van der Waals surface area contributed by atoms with Crippen molar-refractivity contribution in [1.29, 1.82) is 0 Å². The summed E-state index contributed by atoms with van der Waals surface area (Å²) in [5.74, 6) is 0. The third kappa shape index (κ3) is 2.31. The van der Waals surface area contributed by atoms with Crippen molar-refractivity contribution in [2.75, 3.05) is 38.0 Å². The quantitative estimate of drug-likeness (QED) is 0.577. The highest BCUT2D eigenvalue weighted by Crippen LogP contribution is 2.32. The first-order valence-electron chi connectivity index (χ1n) is 6.61. The molecule has 0 amide bonds. The molecular formula is C16H19N3S. The lowest BCUT2D eigenvalue weighted by atomic mass is 10.2. The van der Waals surface area contributed by atoms with Crippen LogP contribution in [0, 0.1) is 4.51 Å². The highest BCUT2D eigenvalue weighted by molar-refractivity contribution is 7.91. The predicted molar refractivity (Wildman–Crippen MR) is 88.4 cm³/mol. The van der Waals surface area contributed by atoms with Gasteiger partial charge in [-0.25, -0.2) is 4.99 Å². The highest BCUT2D eigenvalue weighted by Gasteiger charge is 2.07. The summed E-state index contributed by atoms with van der Waals surface area (Å²) in [6.45, 7) is 0. The number of nitrogens with zero attached hydrogens (tertiary/aromatic N) is 3. The molecule has 2 aromatic rings. The molecule has 0 aliphatic carbocycles. The smallest absolute Gasteiger partial charge is 0.0767 e. The van der Waals surface area contributed by atoms with Gasteiger partial charge in [0.05, 0.1) is 11.0 Å². The van der Waals surface area contributed by atoms with Crippen molar-refractivity contribution in [3.63, 3.8) is 0 Å². The largest absolute Gasteiger partial charge is 0.378 e. The van der Waals surface area contributed by atoms with E-state index >= 15 is 0 Å². The van der Waals surface area contributed by atoms with E-state index in [1.807, 2.05) is 0 Å². The number of benzene rings is 2. The molecule has 0 fully saturated rings. The lowest BCUT2D eigenvalue weighted by molar-refractivity contribution is 1.11. The van der Waals surface area contributed by atoms with Crippen molar-refractivity contribution in [1.82, 2.24) is 0 Å². The lowest BCUT2D eigenvalue weighted by Gasteiger charge is -2.16. The number of thiol groups is 1. The van der Waals surface area contributed by atoms with Crippen molar-refractivity contribution < 1.29 is 0 Å². The van der Waals surface area contributed by atoms with E-state index < -0.39 is 0 Å². The van der Waals surface area contributed by atoms with E-state index in [-0.39, 0.29) is 0 Å². The molecule has 0 saturated heterocycles. The summed E-state index contributed by atoms with van der Waals surface area (Å²) in [7, 11) is 8.26. The average molecular weight is 285 g/mol. The van der Waals surface area contributed by atoms with Crippen molar-refractivity contribution in [2.24, 2.45) is 4.99 Å². The Kier molecular flexibility index (Phi) is 3.26. The molecule has 0 radical (unpaired) electrons. The second-order valence-corrected chi connectivity index (χ2v) is 6.55. The van der Waals surface area contributed by atoms with Crippen LogP contribution in [0.4, 0.5) is 17.1 Å². The van der Waals surface area contributed by atoms with E-state index in [4.69, 9.17) is 4.99 Å². The molecule has 3 rings (SSSR count). The molecule has 20 heavy (non-hydrogen) atoms. The molecule has 0 atom stereocenters. The summed E-state index contributed by atoms with van der Waals surface area (Å²) in [6.07, 6.45) is 0. The van der Waals surface area contributed by atoms with Crippen LogP contribution in [0.2, 0.25) is 0 Å². The van der Waals surface area contributed by atoms with Crippen LogP contribution in [0.3, 0.4) is 0 Å². The maximum absolute atomic E-state index is 4.77. The Morgan fingerprint density at radius 1 is 0.850 bits per heavy atom. The summed E-state index contributed by atoms with van der Waals surface area (Å²) in [6, 6.07) is 12.9. The molecule has 0 saturated carbocycles. The molecule has 1 heterocycles. The van der Waals surface area contributed by atoms with E-state index in [0.717, 1.165) is 11.0 Å². The predicted octanol–water partition coefficient (Wildman–Crippen LogP) is 2.86. The van der Waals surface area contributed by atoms with Gasteiger partial charge in [-0.15, -0.1) is 0 Å². The molecule has 2 aromatic carbocycles. The first-order valence-corrected chi connectivity index (χ1v) is 7.50. The number of hydrogen-bond donors (Lipinski definition) is 1. The molecular weight excluding hydrogens is 266 g/mol. The van der Waals surface area contributed by atoms with Crippen LogP contribution in [0.5, 0.6) is 0 Å². The van der Waals surface area contributed by atoms with E-state index in [9.17, 15) is 0 Å². The molecule has 3 nitrogen and oxygen atoms in total. The Balaban J connectivity index is 2.17. The third-order valence-electron chi connectivity index (χ3n) is 3.43. The zero-order valence-electron chi connectivity index (χ0n) is 12.3. The second-order valence-electron chi connectivity index (χ2n) is 5.36. The van der Waals surface area contributed by atoms with Gasteiger partial charge >= 0.3 is 0 Å². The Bertz CT molecular complexity index is 779. The van der Waals surface area contributed by atoms with Crippen molar-refractivity contribution in [2.45, 2.75) is 4.90 Å². The monoisotopic (exact) mass is 285 g/mol. The fourth-order valence-corrected chi connectivity index (χ4v) is 3.34. The molecule has 1 aliphatic rings. The van der Waals surface area contributed by atoms with Gasteiger partial charge in [0.1, 0.15) is 0 Å². The minimum absolute atomic E-state index is 1.09.